The van der Waals surface area contributed by atoms with Crippen LogP contribution in [0.4, 0.5) is 23.2 Å². The molecule has 4 aromatic rings. The number of nitrogens with zero attached hydrogens (tertiary/aromatic N) is 6. The van der Waals surface area contributed by atoms with Crippen LogP contribution in [0.2, 0.25) is 0 Å². The van der Waals surface area contributed by atoms with E-state index < -0.39 is 40.0 Å². The summed E-state index contributed by atoms with van der Waals surface area (Å²) < 4.78 is 43.1. The molecule has 0 saturated heterocycles. The standard InChI is InChI=1S/C39H19F3N6O2S2/c1-17-7-20-22(9-26(17)40)35(49)33(31(20)18(13-43)14-44)47-29-11-24-37(51-29)38-25(39(24)5-3-2-4-6-39)12-30(52-38)48-34-32(19(15-45)16-46)21-8-27(41)28(42)10-23(21)36(34)50/h7-12H,2-6H2,1H3. The molecule has 4 aliphatic carbocycles. The fourth-order valence-electron chi connectivity index (χ4n) is 7.72. The molecule has 0 radical (unpaired) electrons. The minimum atomic E-state index is -1.24. The Morgan fingerprint density at radius 1 is 0.635 bits per heavy atom. The van der Waals surface area contributed by atoms with E-state index in [1.807, 2.05) is 24.3 Å². The Morgan fingerprint density at radius 2 is 1.06 bits per heavy atom. The first-order valence-electron chi connectivity index (χ1n) is 16.0. The zero-order valence-corrected chi connectivity index (χ0v) is 28.6. The molecule has 2 aromatic carbocycles. The van der Waals surface area contributed by atoms with Gasteiger partial charge in [0.25, 0.3) is 0 Å². The van der Waals surface area contributed by atoms with E-state index in [1.54, 1.807) is 12.1 Å². The largest absolute Gasteiger partial charge is 0.287 e. The Hall–Kier alpha value is -6.25. The van der Waals surface area contributed by atoms with Crippen molar-refractivity contribution in [1.29, 1.82) is 21.0 Å². The summed E-state index contributed by atoms with van der Waals surface area (Å²) in [4.78, 5) is 38.3. The number of ketones is 2. The van der Waals surface area contributed by atoms with Crippen molar-refractivity contribution in [3.05, 3.63) is 104 Å². The van der Waals surface area contributed by atoms with Gasteiger partial charge in [0.2, 0.25) is 11.6 Å². The lowest BCUT2D eigenvalue weighted by Crippen LogP contribution is -2.27. The molecule has 8 rings (SSSR count). The van der Waals surface area contributed by atoms with Crippen LogP contribution in [0.3, 0.4) is 0 Å². The molecule has 1 saturated carbocycles. The van der Waals surface area contributed by atoms with Gasteiger partial charge in [-0.05, 0) is 78.4 Å². The van der Waals surface area contributed by atoms with Crippen LogP contribution in [0.25, 0.3) is 20.9 Å². The van der Waals surface area contributed by atoms with Gasteiger partial charge in [0, 0.05) is 33.3 Å². The molecule has 0 atom stereocenters. The van der Waals surface area contributed by atoms with Gasteiger partial charge in [-0.3, -0.25) is 9.59 Å². The lowest BCUT2D eigenvalue weighted by molar-refractivity contribution is 0.106. The monoisotopic (exact) mass is 724 g/mol. The maximum Gasteiger partial charge on any atom is 0.212 e. The van der Waals surface area contributed by atoms with Gasteiger partial charge < -0.3 is 0 Å². The molecular formula is C39H19F3N6O2S2. The van der Waals surface area contributed by atoms with Crippen LogP contribution in [0, 0.1) is 69.7 Å². The number of fused-ring (bicyclic) bond motifs is 7. The molecule has 1 spiro atoms. The molecule has 0 unspecified atom stereocenters. The Morgan fingerprint density at radius 3 is 1.52 bits per heavy atom. The van der Waals surface area contributed by atoms with Crippen molar-refractivity contribution in [3.63, 3.8) is 0 Å². The summed E-state index contributed by atoms with van der Waals surface area (Å²) in [6, 6.07) is 15.1. The first-order chi connectivity index (χ1) is 25.0. The summed E-state index contributed by atoms with van der Waals surface area (Å²) in [5.41, 5.74) is 0.603. The van der Waals surface area contributed by atoms with E-state index in [9.17, 15) is 43.8 Å². The minimum Gasteiger partial charge on any atom is -0.287 e. The van der Waals surface area contributed by atoms with Gasteiger partial charge in [-0.25, -0.2) is 23.2 Å². The van der Waals surface area contributed by atoms with Crippen molar-refractivity contribution in [2.24, 2.45) is 9.98 Å². The number of hydrogen-bond acceptors (Lipinski definition) is 10. The third-order valence-electron chi connectivity index (χ3n) is 10.1. The first kappa shape index (κ1) is 32.9. The molecule has 13 heteroatoms. The average molecular weight is 725 g/mol. The van der Waals surface area contributed by atoms with Crippen molar-refractivity contribution in [3.8, 4) is 34.0 Å². The number of benzene rings is 2. The van der Waals surface area contributed by atoms with Gasteiger partial charge >= 0.3 is 0 Å². The summed E-state index contributed by atoms with van der Waals surface area (Å²) in [6.45, 7) is 1.53. The highest BCUT2D eigenvalue weighted by molar-refractivity contribution is 7.26. The van der Waals surface area contributed by atoms with E-state index in [2.05, 4.69) is 4.99 Å². The Balaban J connectivity index is 1.28. The predicted octanol–water partition coefficient (Wildman–Crippen LogP) is 9.31. The van der Waals surface area contributed by atoms with Gasteiger partial charge in [-0.1, -0.05) is 19.3 Å². The number of Topliss-reactive ketones (excluding diaryl/α,β-unsaturated/α-hetero) is 2. The second-order valence-electron chi connectivity index (χ2n) is 12.8. The lowest BCUT2D eigenvalue weighted by atomic mass is 9.68. The third kappa shape index (κ3) is 4.61. The average Bonchev–Trinajstić information content (AvgIpc) is 3.91. The fraction of sp³-hybridized carbons (Fsp3) is 0.179. The molecule has 2 heterocycles. The summed E-state index contributed by atoms with van der Waals surface area (Å²) in [5, 5.41) is 39.8. The van der Waals surface area contributed by atoms with E-state index in [0.717, 1.165) is 71.2 Å². The molecule has 52 heavy (non-hydrogen) atoms. The second kappa shape index (κ2) is 11.9. The molecule has 2 aromatic heterocycles. The Kier molecular flexibility index (Phi) is 7.55. The number of rotatable bonds is 2. The van der Waals surface area contributed by atoms with Gasteiger partial charge in [-0.2, -0.15) is 21.0 Å². The van der Waals surface area contributed by atoms with Crippen molar-refractivity contribution in [1.82, 2.24) is 0 Å². The normalized spacial score (nSPS) is 17.8. The SMILES string of the molecule is Cc1cc2c(cc1F)C(=O)C(=Nc1cc3c(s1)-c1sc(N=C4C(=O)c5cc(F)c(F)cc5C4=C(C#N)C#N)cc1C31CCCCC1)C2=C(C#N)C#N. The van der Waals surface area contributed by atoms with E-state index >= 15 is 0 Å². The number of allylic oxidation sites excluding steroid dienone is 4. The summed E-state index contributed by atoms with van der Waals surface area (Å²) in [5.74, 6) is -4.40. The number of nitriles is 4. The molecular weight excluding hydrogens is 706 g/mol. The summed E-state index contributed by atoms with van der Waals surface area (Å²) >= 11 is 2.59. The van der Waals surface area contributed by atoms with E-state index in [-0.39, 0.29) is 56.0 Å². The van der Waals surface area contributed by atoms with E-state index in [0.29, 0.717) is 10.0 Å². The molecule has 0 bridgehead atoms. The fourth-order valence-corrected chi connectivity index (χ4v) is 10.2. The maximum atomic E-state index is 14.6. The minimum absolute atomic E-state index is 0.0236. The van der Waals surface area contributed by atoms with Crippen LogP contribution in [0.15, 0.2) is 57.5 Å². The highest BCUT2D eigenvalue weighted by Crippen LogP contribution is 2.63. The highest BCUT2D eigenvalue weighted by atomic mass is 32.1. The number of thiophene rings is 2. The molecule has 4 aliphatic rings. The smallest absolute Gasteiger partial charge is 0.212 e. The van der Waals surface area contributed by atoms with Crippen molar-refractivity contribution >= 4 is 66.8 Å². The van der Waals surface area contributed by atoms with Crippen LogP contribution < -0.4 is 0 Å². The van der Waals surface area contributed by atoms with Crippen molar-refractivity contribution in [2.75, 3.05) is 0 Å². The summed E-state index contributed by atoms with van der Waals surface area (Å²) in [6.07, 6.45) is 4.50. The van der Waals surface area contributed by atoms with Crippen LogP contribution >= 0.6 is 22.7 Å². The zero-order chi connectivity index (χ0) is 36.6. The molecule has 0 amide bonds. The third-order valence-corrected chi connectivity index (χ3v) is 12.3. The van der Waals surface area contributed by atoms with Gasteiger partial charge in [0.15, 0.2) is 11.6 Å². The van der Waals surface area contributed by atoms with Crippen molar-refractivity contribution in [2.45, 2.75) is 44.4 Å². The number of aliphatic imine (C=N–C) groups is 2. The highest BCUT2D eigenvalue weighted by Gasteiger charge is 2.47. The molecule has 1 fully saturated rings. The summed E-state index contributed by atoms with van der Waals surface area (Å²) in [7, 11) is 0. The van der Waals surface area contributed by atoms with E-state index in [4.69, 9.17) is 4.99 Å². The number of carbonyl (C=O) groups is 2. The molecule has 0 N–H and O–H groups in total. The first-order valence-corrected chi connectivity index (χ1v) is 17.6. The van der Waals surface area contributed by atoms with Crippen molar-refractivity contribution < 1.29 is 22.8 Å². The molecule has 8 nitrogen and oxygen atoms in total. The Labute approximate surface area is 302 Å². The quantitative estimate of drug-likeness (QED) is 0.188. The maximum absolute atomic E-state index is 14.6. The number of aryl methyl sites for hydroxylation is 1. The van der Waals surface area contributed by atoms with E-state index in [1.165, 1.54) is 35.7 Å². The van der Waals surface area contributed by atoms with Gasteiger partial charge in [0.1, 0.15) is 62.7 Å². The zero-order valence-electron chi connectivity index (χ0n) is 26.9. The van der Waals surface area contributed by atoms with Gasteiger partial charge in [-0.15, -0.1) is 22.7 Å². The van der Waals surface area contributed by atoms with Crippen LogP contribution in [0.1, 0.15) is 80.6 Å². The predicted molar refractivity (Wildman–Crippen MR) is 188 cm³/mol. The number of halogens is 3. The molecule has 250 valence electrons. The van der Waals surface area contributed by atoms with Crippen LogP contribution in [-0.4, -0.2) is 23.0 Å². The van der Waals surface area contributed by atoms with Gasteiger partial charge in [0.05, 0.1) is 9.75 Å². The Bertz CT molecular complexity index is 2490. The number of hydrogen-bond donors (Lipinski definition) is 0. The topological polar surface area (TPSA) is 154 Å². The lowest BCUT2D eigenvalue weighted by Gasteiger charge is -2.34. The second-order valence-corrected chi connectivity index (χ2v) is 14.8. The number of carbonyl (C=O) groups excluding carboxylic acids is 2. The van der Waals surface area contributed by atoms with Crippen LogP contribution in [0.5, 0.6) is 0 Å². The molecule has 0 aliphatic heterocycles. The van der Waals surface area contributed by atoms with Crippen LogP contribution in [-0.2, 0) is 5.41 Å².